The van der Waals surface area contributed by atoms with Gasteiger partial charge >= 0.3 is 0 Å². The number of carbonyl (C=O) groups is 1. The van der Waals surface area contributed by atoms with E-state index >= 15 is 0 Å². The van der Waals surface area contributed by atoms with Crippen LogP contribution in [0.1, 0.15) is 58.5 Å². The quantitative estimate of drug-likeness (QED) is 0.704. The van der Waals surface area contributed by atoms with E-state index in [0.717, 1.165) is 29.0 Å². The molecule has 1 aromatic heterocycles. The second-order valence-electron chi connectivity index (χ2n) is 6.55. The summed E-state index contributed by atoms with van der Waals surface area (Å²) in [6, 6.07) is 16.2. The molecule has 132 valence electrons. The lowest BCUT2D eigenvalue weighted by Crippen LogP contribution is -2.28. The fourth-order valence-electron chi connectivity index (χ4n) is 3.51. The van der Waals surface area contributed by atoms with E-state index in [4.69, 9.17) is 5.73 Å². The highest BCUT2D eigenvalue weighted by molar-refractivity contribution is 7.09. The van der Waals surface area contributed by atoms with Crippen molar-refractivity contribution in [3.63, 3.8) is 0 Å². The minimum atomic E-state index is -0.160. The number of nitrogens with two attached hydrogens (primary N) is 1. The summed E-state index contributed by atoms with van der Waals surface area (Å²) < 4.78 is 0. The van der Waals surface area contributed by atoms with Crippen LogP contribution in [0.15, 0.2) is 53.9 Å². The molecule has 26 heavy (non-hydrogen) atoms. The Bertz CT molecular complexity index is 904. The first-order valence-corrected chi connectivity index (χ1v) is 9.77. The molecule has 1 aliphatic rings. The average molecular weight is 363 g/mol. The summed E-state index contributed by atoms with van der Waals surface area (Å²) in [5.74, 6) is -0.160. The van der Waals surface area contributed by atoms with Gasteiger partial charge in [-0.1, -0.05) is 61.9 Å². The zero-order valence-electron chi connectivity index (χ0n) is 14.6. The summed E-state index contributed by atoms with van der Waals surface area (Å²) >= 11 is 1.46. The van der Waals surface area contributed by atoms with Crippen LogP contribution < -0.4 is 11.1 Å². The number of hydrogen-bond donors (Lipinski definition) is 2. The number of fused-ring (bicyclic) bond motifs is 3. The summed E-state index contributed by atoms with van der Waals surface area (Å²) in [5, 5.41) is 5.78. The first kappa shape index (κ1) is 16.9. The number of amides is 1. The van der Waals surface area contributed by atoms with E-state index in [-0.39, 0.29) is 18.0 Å². The van der Waals surface area contributed by atoms with Crippen LogP contribution in [0, 0.1) is 0 Å². The molecule has 3 aromatic rings. The second kappa shape index (κ2) is 7.02. The Labute approximate surface area is 157 Å². The van der Waals surface area contributed by atoms with E-state index in [0.29, 0.717) is 5.69 Å². The first-order chi connectivity index (χ1) is 12.7. The molecular weight excluding hydrogens is 342 g/mol. The number of hydrogen-bond acceptors (Lipinski definition) is 4. The Morgan fingerprint density at radius 3 is 2.38 bits per heavy atom. The van der Waals surface area contributed by atoms with Gasteiger partial charge in [-0.3, -0.25) is 4.79 Å². The summed E-state index contributed by atoms with van der Waals surface area (Å²) in [5.41, 5.74) is 11.2. The van der Waals surface area contributed by atoms with Crippen molar-refractivity contribution in [3.05, 3.63) is 75.7 Å². The summed E-state index contributed by atoms with van der Waals surface area (Å²) in [6.45, 7) is 2.09. The van der Waals surface area contributed by atoms with Crippen molar-refractivity contribution in [2.24, 2.45) is 5.73 Å². The van der Waals surface area contributed by atoms with Crippen molar-refractivity contribution in [1.82, 2.24) is 10.3 Å². The maximum atomic E-state index is 12.8. The van der Waals surface area contributed by atoms with E-state index in [1.807, 2.05) is 24.3 Å². The third kappa shape index (κ3) is 2.93. The number of rotatable bonds is 5. The lowest BCUT2D eigenvalue weighted by molar-refractivity contribution is 0.0939. The number of nitrogens with zero attached hydrogens (tertiary/aromatic N) is 1. The van der Waals surface area contributed by atoms with Crippen LogP contribution in [0.3, 0.4) is 0 Å². The fraction of sp³-hybridized carbons (Fsp3) is 0.238. The van der Waals surface area contributed by atoms with Gasteiger partial charge in [0.2, 0.25) is 0 Å². The van der Waals surface area contributed by atoms with E-state index in [2.05, 4.69) is 41.5 Å². The van der Waals surface area contributed by atoms with Crippen LogP contribution in [0.25, 0.3) is 11.1 Å². The van der Waals surface area contributed by atoms with E-state index in [1.165, 1.54) is 22.5 Å². The van der Waals surface area contributed by atoms with Crippen LogP contribution in [-0.4, -0.2) is 10.9 Å². The highest BCUT2D eigenvalue weighted by Gasteiger charge is 2.30. The van der Waals surface area contributed by atoms with Gasteiger partial charge in [0.25, 0.3) is 5.91 Å². The molecule has 3 N–H and O–H groups in total. The normalized spacial score (nSPS) is 13.9. The molecule has 0 bridgehead atoms. The molecule has 0 radical (unpaired) electrons. The number of nitrogens with one attached hydrogen (secondary N) is 1. The molecular formula is C21H21N3OS. The monoisotopic (exact) mass is 363 g/mol. The summed E-state index contributed by atoms with van der Waals surface area (Å²) in [6.07, 6.45) is 1.87. The van der Waals surface area contributed by atoms with Gasteiger partial charge in [-0.05, 0) is 28.7 Å². The van der Waals surface area contributed by atoms with E-state index in [9.17, 15) is 4.79 Å². The molecule has 4 rings (SSSR count). The molecule has 5 heteroatoms. The topological polar surface area (TPSA) is 68.0 Å². The number of benzene rings is 2. The molecule has 0 saturated heterocycles. The molecule has 0 saturated carbocycles. The fourth-order valence-corrected chi connectivity index (χ4v) is 4.35. The Morgan fingerprint density at radius 2 is 1.77 bits per heavy atom. The maximum absolute atomic E-state index is 12.8. The predicted octanol–water partition coefficient (Wildman–Crippen LogP) is 4.44. The van der Waals surface area contributed by atoms with Crippen molar-refractivity contribution in [2.75, 3.05) is 0 Å². The molecule has 1 atom stereocenters. The third-order valence-electron chi connectivity index (χ3n) is 4.78. The highest BCUT2D eigenvalue weighted by atomic mass is 32.1. The van der Waals surface area contributed by atoms with Gasteiger partial charge in [-0.25, -0.2) is 4.98 Å². The largest absolute Gasteiger partial charge is 0.340 e. The molecule has 0 fully saturated rings. The zero-order valence-corrected chi connectivity index (χ0v) is 15.4. The van der Waals surface area contributed by atoms with Crippen LogP contribution in [0.5, 0.6) is 0 Å². The smallest absolute Gasteiger partial charge is 0.271 e. The van der Waals surface area contributed by atoms with Gasteiger partial charge in [-0.15, -0.1) is 11.3 Å². The van der Waals surface area contributed by atoms with Crippen molar-refractivity contribution in [1.29, 1.82) is 0 Å². The van der Waals surface area contributed by atoms with E-state index < -0.39 is 0 Å². The van der Waals surface area contributed by atoms with Gasteiger partial charge in [-0.2, -0.15) is 0 Å². The van der Waals surface area contributed by atoms with Crippen LogP contribution in [0.2, 0.25) is 0 Å². The molecule has 1 unspecified atom stereocenters. The van der Waals surface area contributed by atoms with Crippen molar-refractivity contribution >= 4 is 17.2 Å². The summed E-state index contributed by atoms with van der Waals surface area (Å²) in [7, 11) is 0. The highest BCUT2D eigenvalue weighted by Crippen LogP contribution is 2.43. The number of thiazole rings is 1. The third-order valence-corrected chi connectivity index (χ3v) is 5.76. The van der Waals surface area contributed by atoms with Crippen molar-refractivity contribution in [2.45, 2.75) is 31.8 Å². The van der Waals surface area contributed by atoms with E-state index in [1.54, 1.807) is 5.38 Å². The molecule has 1 heterocycles. The molecule has 1 amide bonds. The lowest BCUT2D eigenvalue weighted by atomic mass is 10.1. The molecule has 4 nitrogen and oxygen atoms in total. The Hall–Kier alpha value is -2.50. The Morgan fingerprint density at radius 1 is 1.15 bits per heavy atom. The predicted molar refractivity (Wildman–Crippen MR) is 105 cm³/mol. The minimum Gasteiger partial charge on any atom is -0.340 e. The number of aromatic nitrogens is 1. The number of carbonyl (C=O) groups excluding carboxylic acids is 1. The second-order valence-corrected chi connectivity index (χ2v) is 7.44. The molecule has 1 aliphatic carbocycles. The van der Waals surface area contributed by atoms with Crippen LogP contribution in [0.4, 0.5) is 0 Å². The van der Waals surface area contributed by atoms with Crippen molar-refractivity contribution in [3.8, 4) is 11.1 Å². The van der Waals surface area contributed by atoms with Gasteiger partial charge in [0.05, 0.1) is 12.1 Å². The first-order valence-electron chi connectivity index (χ1n) is 8.89. The van der Waals surface area contributed by atoms with Crippen LogP contribution >= 0.6 is 11.3 Å². The average Bonchev–Trinajstić information content (AvgIpc) is 3.27. The standard InChI is InChI=1S/C21H21N3OS/c1-2-7-17(22)21-23-18(12-26-21)20(25)24-19-15-10-5-3-8-13(15)14-9-4-6-11-16(14)19/h3-6,8-12,17,19H,2,7,22H2,1H3,(H,24,25). The molecule has 0 spiro atoms. The Balaban J connectivity index is 1.60. The Kier molecular flexibility index (Phi) is 4.57. The van der Waals surface area contributed by atoms with Gasteiger partial charge < -0.3 is 11.1 Å². The molecule has 0 aliphatic heterocycles. The van der Waals surface area contributed by atoms with Gasteiger partial charge in [0.1, 0.15) is 10.7 Å². The van der Waals surface area contributed by atoms with Crippen molar-refractivity contribution < 1.29 is 4.79 Å². The van der Waals surface area contributed by atoms with Crippen LogP contribution in [-0.2, 0) is 0 Å². The zero-order chi connectivity index (χ0) is 18.1. The SMILES string of the molecule is CCCC(N)c1nc(C(=O)NC2c3ccccc3-c3ccccc32)cs1. The maximum Gasteiger partial charge on any atom is 0.271 e. The lowest BCUT2D eigenvalue weighted by Gasteiger charge is -2.15. The van der Waals surface area contributed by atoms with Gasteiger partial charge in [0.15, 0.2) is 0 Å². The molecule has 2 aromatic carbocycles. The summed E-state index contributed by atoms with van der Waals surface area (Å²) in [4.78, 5) is 17.3. The van der Waals surface area contributed by atoms with Gasteiger partial charge in [0, 0.05) is 5.38 Å². The minimum absolute atomic E-state index is 0.0977.